The molecule has 5 nitrogen and oxygen atoms in total. The number of rotatable bonds is 3. The largest absolute Gasteiger partial charge is 0.304 e. The summed E-state index contributed by atoms with van der Waals surface area (Å²) in [6.45, 7) is 1.90. The van der Waals surface area contributed by atoms with Crippen molar-refractivity contribution in [2.75, 3.05) is 0 Å². The summed E-state index contributed by atoms with van der Waals surface area (Å²) >= 11 is 0. The molecule has 0 radical (unpaired) electrons. The molecule has 22 heavy (non-hydrogen) atoms. The van der Waals surface area contributed by atoms with E-state index in [2.05, 4.69) is 0 Å². The van der Waals surface area contributed by atoms with Crippen molar-refractivity contribution < 1.29 is 4.92 Å². The van der Waals surface area contributed by atoms with Crippen LogP contribution in [0.4, 0.5) is 5.69 Å². The van der Waals surface area contributed by atoms with Gasteiger partial charge in [0.25, 0.3) is 11.2 Å². The Morgan fingerprint density at radius 1 is 1.14 bits per heavy atom. The average Bonchev–Trinajstić information content (AvgIpc) is 2.51. The van der Waals surface area contributed by atoms with E-state index in [0.717, 1.165) is 16.3 Å². The van der Waals surface area contributed by atoms with Crippen molar-refractivity contribution >= 4 is 16.5 Å². The predicted molar refractivity (Wildman–Crippen MR) is 85.1 cm³/mol. The topological polar surface area (TPSA) is 65.1 Å². The molecule has 0 aliphatic carbocycles. The lowest BCUT2D eigenvalue weighted by Crippen LogP contribution is -2.22. The van der Waals surface area contributed by atoms with E-state index in [1.807, 2.05) is 42.5 Å². The second-order valence-corrected chi connectivity index (χ2v) is 5.21. The summed E-state index contributed by atoms with van der Waals surface area (Å²) in [5.41, 5.74) is 1.05. The molecule has 0 N–H and O–H groups in total. The maximum Gasteiger partial charge on any atom is 0.286 e. The van der Waals surface area contributed by atoms with Gasteiger partial charge in [-0.25, -0.2) is 0 Å². The van der Waals surface area contributed by atoms with Gasteiger partial charge in [-0.05, 0) is 23.3 Å². The van der Waals surface area contributed by atoms with E-state index in [4.69, 9.17) is 0 Å². The number of nitrogens with zero attached hydrogens (tertiary/aromatic N) is 2. The minimum absolute atomic E-state index is 0.0719. The van der Waals surface area contributed by atoms with Crippen molar-refractivity contribution in [3.05, 3.63) is 86.3 Å². The van der Waals surface area contributed by atoms with Crippen LogP contribution in [0.3, 0.4) is 0 Å². The van der Waals surface area contributed by atoms with Crippen molar-refractivity contribution in [1.29, 1.82) is 0 Å². The van der Waals surface area contributed by atoms with E-state index >= 15 is 0 Å². The molecule has 0 amide bonds. The number of nitro groups is 1. The predicted octanol–water partition coefficient (Wildman–Crippen LogP) is 3.27. The highest BCUT2D eigenvalue weighted by molar-refractivity contribution is 5.85. The highest BCUT2D eigenvalue weighted by Gasteiger charge is 2.12. The fraction of sp³-hybridized carbons (Fsp3) is 0.118. The first-order valence-electron chi connectivity index (χ1n) is 6.88. The Bertz CT molecular complexity index is 923. The molecule has 1 aromatic heterocycles. The van der Waals surface area contributed by atoms with Crippen LogP contribution in [0, 0.1) is 17.0 Å². The molecular weight excluding hydrogens is 280 g/mol. The van der Waals surface area contributed by atoms with Gasteiger partial charge < -0.3 is 4.57 Å². The monoisotopic (exact) mass is 294 g/mol. The molecule has 110 valence electrons. The van der Waals surface area contributed by atoms with Crippen LogP contribution < -0.4 is 5.56 Å². The van der Waals surface area contributed by atoms with Gasteiger partial charge in [0.1, 0.15) is 0 Å². The summed E-state index contributed by atoms with van der Waals surface area (Å²) in [4.78, 5) is 22.7. The van der Waals surface area contributed by atoms with Gasteiger partial charge in [-0.1, -0.05) is 42.5 Å². The van der Waals surface area contributed by atoms with Crippen LogP contribution in [0.15, 0.2) is 59.5 Å². The molecule has 0 saturated carbocycles. The highest BCUT2D eigenvalue weighted by atomic mass is 16.6. The van der Waals surface area contributed by atoms with Gasteiger partial charge in [0, 0.05) is 11.6 Å². The first-order valence-corrected chi connectivity index (χ1v) is 6.88. The van der Waals surface area contributed by atoms with E-state index in [1.165, 1.54) is 16.8 Å². The molecule has 3 aromatic rings. The SMILES string of the molecule is Cc1cc([N+](=O)[O-])cn(Cc2cccc3ccccc23)c1=O. The molecule has 0 spiro atoms. The summed E-state index contributed by atoms with van der Waals surface area (Å²) < 4.78 is 1.40. The fourth-order valence-corrected chi connectivity index (χ4v) is 2.60. The van der Waals surface area contributed by atoms with E-state index in [9.17, 15) is 14.9 Å². The highest BCUT2D eigenvalue weighted by Crippen LogP contribution is 2.20. The van der Waals surface area contributed by atoms with Crippen molar-refractivity contribution in [2.24, 2.45) is 0 Å². The van der Waals surface area contributed by atoms with E-state index < -0.39 is 4.92 Å². The Balaban J connectivity index is 2.13. The summed E-state index contributed by atoms with van der Waals surface area (Å²) in [6.07, 6.45) is 1.30. The van der Waals surface area contributed by atoms with Gasteiger partial charge in [0.2, 0.25) is 0 Å². The van der Waals surface area contributed by atoms with Gasteiger partial charge in [0.05, 0.1) is 17.7 Å². The number of pyridine rings is 1. The lowest BCUT2D eigenvalue weighted by Gasteiger charge is -2.10. The third-order valence-electron chi connectivity index (χ3n) is 3.68. The first kappa shape index (κ1) is 14.0. The molecule has 0 aliphatic heterocycles. The number of fused-ring (bicyclic) bond motifs is 1. The summed E-state index contributed by atoms with van der Waals surface area (Å²) in [7, 11) is 0. The van der Waals surface area contributed by atoms with Gasteiger partial charge in [-0.15, -0.1) is 0 Å². The van der Waals surface area contributed by atoms with Gasteiger partial charge in [-0.2, -0.15) is 0 Å². The minimum atomic E-state index is -0.480. The van der Waals surface area contributed by atoms with Gasteiger partial charge in [0.15, 0.2) is 0 Å². The second-order valence-electron chi connectivity index (χ2n) is 5.21. The molecule has 0 aliphatic rings. The summed E-state index contributed by atoms with van der Waals surface area (Å²) in [5, 5.41) is 13.1. The van der Waals surface area contributed by atoms with E-state index in [0.29, 0.717) is 12.1 Å². The molecular formula is C17H14N2O3. The van der Waals surface area contributed by atoms with Crippen LogP contribution in [-0.2, 0) is 6.54 Å². The maximum absolute atomic E-state index is 12.2. The standard InChI is InChI=1S/C17H14N2O3/c1-12-9-15(19(21)22)11-18(17(12)20)10-14-7-4-6-13-5-2-3-8-16(13)14/h2-9,11H,10H2,1H3. The third-order valence-corrected chi connectivity index (χ3v) is 3.68. The molecule has 3 rings (SSSR count). The molecule has 1 heterocycles. The van der Waals surface area contributed by atoms with Crippen molar-refractivity contribution in [2.45, 2.75) is 13.5 Å². The normalized spacial score (nSPS) is 10.8. The zero-order chi connectivity index (χ0) is 15.7. The number of hydrogen-bond acceptors (Lipinski definition) is 3. The molecule has 5 heteroatoms. The average molecular weight is 294 g/mol. The lowest BCUT2D eigenvalue weighted by atomic mass is 10.0. The van der Waals surface area contributed by atoms with Crippen molar-refractivity contribution in [3.8, 4) is 0 Å². The van der Waals surface area contributed by atoms with E-state index in [1.54, 1.807) is 6.92 Å². The maximum atomic E-state index is 12.2. The number of benzene rings is 2. The summed E-state index contributed by atoms with van der Waals surface area (Å²) in [5.74, 6) is 0. The Labute approximate surface area is 126 Å². The lowest BCUT2D eigenvalue weighted by molar-refractivity contribution is -0.385. The Kier molecular flexibility index (Phi) is 3.47. The van der Waals surface area contributed by atoms with Gasteiger partial charge in [-0.3, -0.25) is 14.9 Å². The fourth-order valence-electron chi connectivity index (χ4n) is 2.60. The molecule has 0 atom stereocenters. The van der Waals surface area contributed by atoms with Crippen LogP contribution in [0.25, 0.3) is 10.8 Å². The number of aromatic nitrogens is 1. The van der Waals surface area contributed by atoms with Crippen LogP contribution in [0.1, 0.15) is 11.1 Å². The Hall–Kier alpha value is -2.95. The van der Waals surface area contributed by atoms with Crippen LogP contribution in [0.5, 0.6) is 0 Å². The summed E-state index contributed by atoms with van der Waals surface area (Å²) in [6, 6.07) is 15.0. The Morgan fingerprint density at radius 3 is 2.64 bits per heavy atom. The van der Waals surface area contributed by atoms with Crippen molar-refractivity contribution in [3.63, 3.8) is 0 Å². The molecule has 0 fully saturated rings. The number of aryl methyl sites for hydroxylation is 1. The minimum Gasteiger partial charge on any atom is -0.304 e. The van der Waals surface area contributed by atoms with Crippen molar-refractivity contribution in [1.82, 2.24) is 4.57 Å². The number of hydrogen-bond donors (Lipinski definition) is 0. The van der Waals surface area contributed by atoms with Crippen LogP contribution in [0.2, 0.25) is 0 Å². The quantitative estimate of drug-likeness (QED) is 0.550. The zero-order valence-electron chi connectivity index (χ0n) is 12.0. The van der Waals surface area contributed by atoms with Crippen LogP contribution in [-0.4, -0.2) is 9.49 Å². The first-order chi connectivity index (χ1) is 10.6. The Morgan fingerprint density at radius 2 is 1.86 bits per heavy atom. The zero-order valence-corrected chi connectivity index (χ0v) is 12.0. The molecule has 0 saturated heterocycles. The van der Waals surface area contributed by atoms with E-state index in [-0.39, 0.29) is 11.2 Å². The van der Waals surface area contributed by atoms with Crippen LogP contribution >= 0.6 is 0 Å². The second kappa shape index (κ2) is 5.44. The molecule has 0 unspecified atom stereocenters. The molecule has 2 aromatic carbocycles. The molecule has 0 bridgehead atoms. The smallest absolute Gasteiger partial charge is 0.286 e. The van der Waals surface area contributed by atoms with Gasteiger partial charge >= 0.3 is 0 Å². The third kappa shape index (κ3) is 2.48.